The second-order valence-corrected chi connectivity index (χ2v) is 5.80. The second kappa shape index (κ2) is 6.26. The molecule has 0 spiro atoms. The number of rotatable bonds is 5. The summed E-state index contributed by atoms with van der Waals surface area (Å²) in [5.41, 5.74) is 0. The summed E-state index contributed by atoms with van der Waals surface area (Å²) in [5, 5.41) is 9.11. The molecule has 0 aliphatic heterocycles. The van der Waals surface area contributed by atoms with E-state index < -0.39 is 0 Å². The van der Waals surface area contributed by atoms with Crippen molar-refractivity contribution in [1.82, 2.24) is 15.5 Å². The molecule has 0 aliphatic rings. The third kappa shape index (κ3) is 3.76. The van der Waals surface area contributed by atoms with Crippen molar-refractivity contribution in [1.29, 1.82) is 0 Å². The van der Waals surface area contributed by atoms with E-state index in [1.165, 1.54) is 0 Å². The van der Waals surface area contributed by atoms with Crippen LogP contribution in [-0.4, -0.2) is 23.2 Å². The van der Waals surface area contributed by atoms with Crippen LogP contribution in [0.15, 0.2) is 20.4 Å². The molecule has 0 aliphatic carbocycles. The largest absolute Gasteiger partial charge is 0.335 e. The number of nitrogens with zero attached hydrogens (tertiary/aromatic N) is 2. The first-order chi connectivity index (χ1) is 8.67. The van der Waals surface area contributed by atoms with Crippen LogP contribution in [0.25, 0.3) is 12.2 Å². The normalized spacial score (nSPS) is 13.3. The van der Waals surface area contributed by atoms with Gasteiger partial charge in [-0.25, -0.2) is 0 Å². The van der Waals surface area contributed by atoms with Crippen molar-refractivity contribution in [2.24, 2.45) is 0 Å². The molecule has 0 saturated carbocycles. The lowest BCUT2D eigenvalue weighted by Crippen LogP contribution is -2.24. The third-order valence-corrected chi connectivity index (χ3v) is 4.10. The van der Waals surface area contributed by atoms with E-state index in [1.54, 1.807) is 11.3 Å². The zero-order valence-electron chi connectivity index (χ0n) is 10.2. The van der Waals surface area contributed by atoms with Crippen molar-refractivity contribution in [3.05, 3.63) is 32.5 Å². The molecule has 6 heteroatoms. The molecule has 1 N–H and O–H groups in total. The fraction of sp³-hybridized carbons (Fsp3) is 0.333. The number of nitrogens with one attached hydrogen (secondary N) is 1. The molecule has 0 amide bonds. The highest BCUT2D eigenvalue weighted by Gasteiger charge is 2.07. The van der Waals surface area contributed by atoms with Gasteiger partial charge in [0.15, 0.2) is 5.82 Å². The predicted octanol–water partition coefficient (Wildman–Crippen LogP) is 3.21. The van der Waals surface area contributed by atoms with Crippen LogP contribution >= 0.6 is 27.3 Å². The lowest BCUT2D eigenvalue weighted by molar-refractivity contribution is 0.400. The van der Waals surface area contributed by atoms with E-state index in [1.807, 2.05) is 30.6 Å². The Kier molecular flexibility index (Phi) is 4.68. The Hall–Kier alpha value is -0.980. The molecule has 0 saturated heterocycles. The Morgan fingerprint density at radius 1 is 1.56 bits per heavy atom. The molecule has 4 nitrogen and oxygen atoms in total. The first-order valence-corrected chi connectivity index (χ1v) is 7.26. The van der Waals surface area contributed by atoms with Gasteiger partial charge in [0.05, 0.1) is 0 Å². The smallest absolute Gasteiger partial charge is 0.250 e. The van der Waals surface area contributed by atoms with Crippen molar-refractivity contribution < 1.29 is 4.52 Å². The molecule has 2 aromatic rings. The van der Waals surface area contributed by atoms with Crippen LogP contribution in [0.1, 0.15) is 23.5 Å². The van der Waals surface area contributed by atoms with E-state index >= 15 is 0 Å². The van der Waals surface area contributed by atoms with Crippen molar-refractivity contribution in [3.63, 3.8) is 0 Å². The van der Waals surface area contributed by atoms with Crippen molar-refractivity contribution in [2.45, 2.75) is 19.4 Å². The zero-order valence-corrected chi connectivity index (χ0v) is 12.6. The maximum atomic E-state index is 5.16. The molecular formula is C12H14BrN3OS. The van der Waals surface area contributed by atoms with Crippen LogP contribution in [0.2, 0.25) is 0 Å². The monoisotopic (exact) mass is 327 g/mol. The number of aromatic nitrogens is 2. The molecule has 2 aromatic heterocycles. The van der Waals surface area contributed by atoms with Crippen LogP contribution in [0.4, 0.5) is 0 Å². The van der Waals surface area contributed by atoms with E-state index in [2.05, 4.69) is 38.3 Å². The van der Waals surface area contributed by atoms with E-state index in [9.17, 15) is 0 Å². The van der Waals surface area contributed by atoms with Crippen LogP contribution in [0, 0.1) is 0 Å². The third-order valence-electron chi connectivity index (χ3n) is 2.44. The lowest BCUT2D eigenvalue weighted by Gasteiger charge is -2.04. The quantitative estimate of drug-likeness (QED) is 0.916. The topological polar surface area (TPSA) is 51.0 Å². The van der Waals surface area contributed by atoms with E-state index in [0.29, 0.717) is 11.9 Å². The predicted molar refractivity (Wildman–Crippen MR) is 77.5 cm³/mol. The van der Waals surface area contributed by atoms with E-state index in [0.717, 1.165) is 21.6 Å². The minimum Gasteiger partial charge on any atom is -0.335 e. The number of thiophene rings is 1. The molecule has 1 unspecified atom stereocenters. The Morgan fingerprint density at radius 2 is 2.39 bits per heavy atom. The first-order valence-electron chi connectivity index (χ1n) is 5.59. The summed E-state index contributed by atoms with van der Waals surface area (Å²) in [7, 11) is 1.92. The fourth-order valence-corrected chi connectivity index (χ4v) is 2.70. The molecular weight excluding hydrogens is 314 g/mol. The van der Waals surface area contributed by atoms with Gasteiger partial charge in [-0.3, -0.25) is 0 Å². The molecule has 2 rings (SSSR count). The fourth-order valence-electron chi connectivity index (χ4n) is 1.36. The maximum absolute atomic E-state index is 5.16. The van der Waals surface area contributed by atoms with Gasteiger partial charge in [0, 0.05) is 33.3 Å². The maximum Gasteiger partial charge on any atom is 0.250 e. The molecule has 0 aromatic carbocycles. The van der Waals surface area contributed by atoms with E-state index in [4.69, 9.17) is 4.52 Å². The number of hydrogen-bond acceptors (Lipinski definition) is 5. The van der Waals surface area contributed by atoms with Crippen LogP contribution in [-0.2, 0) is 6.42 Å². The SMILES string of the molecule is CNC(C)Cc1noc(/C=C/c2cc(Br)cs2)n1. The standard InChI is InChI=1S/C12H14BrN3OS/c1-8(14-2)5-11-15-12(17-16-11)4-3-10-6-9(13)7-18-10/h3-4,6-8,14H,5H2,1-2H3/b4-3+. The minimum absolute atomic E-state index is 0.340. The van der Waals surface area contributed by atoms with Gasteiger partial charge < -0.3 is 9.84 Å². The lowest BCUT2D eigenvalue weighted by atomic mass is 10.2. The zero-order chi connectivity index (χ0) is 13.0. The number of halogens is 1. The second-order valence-electron chi connectivity index (χ2n) is 3.94. The van der Waals surface area contributed by atoms with Crippen LogP contribution in [0.3, 0.4) is 0 Å². The van der Waals surface area contributed by atoms with Gasteiger partial charge in [-0.2, -0.15) is 4.98 Å². The number of hydrogen-bond donors (Lipinski definition) is 1. The summed E-state index contributed by atoms with van der Waals surface area (Å²) in [5.74, 6) is 1.27. The molecule has 96 valence electrons. The van der Waals surface area contributed by atoms with Crippen molar-refractivity contribution >= 4 is 39.4 Å². The summed E-state index contributed by atoms with van der Waals surface area (Å²) in [6.07, 6.45) is 4.56. The molecule has 0 bridgehead atoms. The summed E-state index contributed by atoms with van der Waals surface area (Å²) in [6.45, 7) is 2.08. The highest BCUT2D eigenvalue weighted by atomic mass is 79.9. The van der Waals surface area contributed by atoms with Gasteiger partial charge >= 0.3 is 0 Å². The molecule has 2 heterocycles. The highest BCUT2D eigenvalue weighted by Crippen LogP contribution is 2.21. The Balaban J connectivity index is 2.00. The Labute approximate surface area is 118 Å². The van der Waals surface area contributed by atoms with Crippen LogP contribution < -0.4 is 5.32 Å². The van der Waals surface area contributed by atoms with Gasteiger partial charge in [-0.15, -0.1) is 11.3 Å². The first kappa shape index (κ1) is 13.5. The van der Waals surface area contributed by atoms with Crippen molar-refractivity contribution in [3.8, 4) is 0 Å². The van der Waals surface area contributed by atoms with Gasteiger partial charge in [0.1, 0.15) is 0 Å². The Bertz CT molecular complexity index is 535. The summed E-state index contributed by atoms with van der Waals surface area (Å²) in [4.78, 5) is 5.45. The minimum atomic E-state index is 0.340. The van der Waals surface area contributed by atoms with E-state index in [-0.39, 0.29) is 0 Å². The van der Waals surface area contributed by atoms with Gasteiger partial charge in [0.2, 0.25) is 0 Å². The summed E-state index contributed by atoms with van der Waals surface area (Å²) in [6, 6.07) is 2.38. The van der Waals surface area contributed by atoms with Crippen molar-refractivity contribution in [2.75, 3.05) is 7.05 Å². The van der Waals surface area contributed by atoms with Gasteiger partial charge in [-0.05, 0) is 42.0 Å². The summed E-state index contributed by atoms with van der Waals surface area (Å²) >= 11 is 5.07. The van der Waals surface area contributed by atoms with Gasteiger partial charge in [-0.1, -0.05) is 5.16 Å². The molecule has 1 atom stereocenters. The average Bonchev–Trinajstić information content (AvgIpc) is 2.96. The van der Waals surface area contributed by atoms with Gasteiger partial charge in [0.25, 0.3) is 5.89 Å². The molecule has 0 fully saturated rings. The highest BCUT2D eigenvalue weighted by molar-refractivity contribution is 9.10. The summed E-state index contributed by atoms with van der Waals surface area (Å²) < 4.78 is 6.24. The molecule has 0 radical (unpaired) electrons. The molecule has 18 heavy (non-hydrogen) atoms. The number of likely N-dealkylation sites (N-methyl/N-ethyl adjacent to an activating group) is 1. The van der Waals surface area contributed by atoms with Crippen LogP contribution in [0.5, 0.6) is 0 Å². The Morgan fingerprint density at radius 3 is 3.06 bits per heavy atom. The average molecular weight is 328 g/mol.